The number of hydrogen-bond acceptors (Lipinski definition) is 0. The van der Waals surface area contributed by atoms with Crippen LogP contribution in [0.4, 0.5) is 0 Å². The van der Waals surface area contributed by atoms with Crippen LogP contribution in [-0.2, 0) is 15.6 Å². The Kier molecular flexibility index (Phi) is 8.67. The Morgan fingerprint density at radius 1 is 0.462 bits per heavy atom. The summed E-state index contributed by atoms with van der Waals surface area (Å²) >= 11 is -5.08. The number of rotatable bonds is 5. The Labute approximate surface area is 319 Å². The number of benzene rings is 6. The molecule has 8 rings (SSSR count). The second-order valence-electron chi connectivity index (χ2n) is 17.6. The molecule has 0 spiro atoms. The van der Waals surface area contributed by atoms with E-state index in [1.807, 2.05) is 0 Å². The minimum absolute atomic E-state index is 0.00396. The maximum atomic E-state index is 8.94. The average molecular weight is 816 g/mol. The van der Waals surface area contributed by atoms with Crippen LogP contribution in [0.2, 0.25) is 13.1 Å². The normalized spacial score (nSPS) is 18.2. The number of hydrogen-bond donors (Lipinski definition) is 0. The molecule has 0 aromatic heterocycles. The van der Waals surface area contributed by atoms with E-state index < -0.39 is 21.5 Å². The van der Waals surface area contributed by atoms with Crippen molar-refractivity contribution in [3.8, 4) is 22.3 Å². The molecular formula is C48H49Cl2SiZr. The molecule has 0 nitrogen and oxygen atoms in total. The average Bonchev–Trinajstić information content (AvgIpc) is 3.73. The fourth-order valence-electron chi connectivity index (χ4n) is 9.52. The predicted molar refractivity (Wildman–Crippen MR) is 230 cm³/mol. The topological polar surface area (TPSA) is 0 Å². The molecule has 0 fully saturated rings. The van der Waals surface area contributed by atoms with Crippen molar-refractivity contribution in [3.05, 3.63) is 155 Å². The van der Waals surface area contributed by atoms with Crippen LogP contribution < -0.4 is 0 Å². The molecular weight excluding hydrogens is 767 g/mol. The van der Waals surface area contributed by atoms with Crippen LogP contribution in [-0.4, -0.2) is 5.92 Å². The molecule has 0 bridgehead atoms. The maximum absolute atomic E-state index is 8.94. The molecule has 4 heteroatoms. The van der Waals surface area contributed by atoms with E-state index in [9.17, 15) is 0 Å². The van der Waals surface area contributed by atoms with Gasteiger partial charge in [0, 0.05) is 0 Å². The molecule has 6 aromatic rings. The van der Waals surface area contributed by atoms with E-state index in [2.05, 4.69) is 188 Å². The third-order valence-corrected chi connectivity index (χ3v) is 63.8. The molecule has 0 N–H and O–H groups in total. The summed E-state index contributed by atoms with van der Waals surface area (Å²) in [7, 11) is 17.9. The molecule has 2 unspecified atom stereocenters. The Hall–Kier alpha value is -3.00. The zero-order chi connectivity index (χ0) is 36.8. The van der Waals surface area contributed by atoms with Crippen LogP contribution in [0, 0.1) is 10.8 Å². The summed E-state index contributed by atoms with van der Waals surface area (Å²) in [6.45, 7) is 19.1. The van der Waals surface area contributed by atoms with Gasteiger partial charge in [0.15, 0.2) is 0 Å². The van der Waals surface area contributed by atoms with Gasteiger partial charge < -0.3 is 0 Å². The molecule has 0 saturated heterocycles. The molecule has 263 valence electrons. The first kappa shape index (κ1) is 36.0. The van der Waals surface area contributed by atoms with E-state index in [0.29, 0.717) is 0 Å². The second kappa shape index (κ2) is 12.5. The summed E-state index contributed by atoms with van der Waals surface area (Å²) in [6.07, 6.45) is 5.02. The van der Waals surface area contributed by atoms with E-state index in [1.54, 1.807) is 0 Å². The van der Waals surface area contributed by atoms with Gasteiger partial charge in [-0.2, -0.15) is 0 Å². The van der Waals surface area contributed by atoms with Crippen molar-refractivity contribution >= 4 is 56.6 Å². The first-order chi connectivity index (χ1) is 24.6. The number of fused-ring (bicyclic) bond motifs is 4. The molecule has 0 saturated carbocycles. The van der Waals surface area contributed by atoms with Crippen LogP contribution in [0.3, 0.4) is 0 Å². The van der Waals surface area contributed by atoms with Gasteiger partial charge in [-0.25, -0.2) is 0 Å². The van der Waals surface area contributed by atoms with Crippen molar-refractivity contribution in [2.75, 3.05) is 0 Å². The predicted octanol–water partition coefficient (Wildman–Crippen LogP) is 15.0. The van der Waals surface area contributed by atoms with Gasteiger partial charge in [-0.15, -0.1) is 0 Å². The van der Waals surface area contributed by atoms with Crippen LogP contribution in [0.1, 0.15) is 71.0 Å². The molecule has 0 radical (unpaired) electrons. The van der Waals surface area contributed by atoms with Gasteiger partial charge in [-0.1, -0.05) is 0 Å². The fourth-order valence-corrected chi connectivity index (χ4v) is 40.9. The third kappa shape index (κ3) is 5.46. The van der Waals surface area contributed by atoms with Crippen LogP contribution in [0.15, 0.2) is 132 Å². The van der Waals surface area contributed by atoms with Gasteiger partial charge in [-0.05, 0) is 0 Å². The fraction of sp³-hybridized carbons (Fsp3) is 0.250. The Morgan fingerprint density at radius 2 is 0.808 bits per heavy atom. The van der Waals surface area contributed by atoms with Crippen LogP contribution in [0.5, 0.6) is 0 Å². The zero-order valence-corrected chi connectivity index (χ0v) is 36.8. The van der Waals surface area contributed by atoms with E-state index in [4.69, 9.17) is 17.0 Å². The zero-order valence-electron chi connectivity index (χ0n) is 31.7. The summed E-state index contributed by atoms with van der Waals surface area (Å²) in [6, 6.07) is 44.7. The van der Waals surface area contributed by atoms with Gasteiger partial charge >= 0.3 is 322 Å². The van der Waals surface area contributed by atoms with E-state index >= 15 is 0 Å². The van der Waals surface area contributed by atoms with Gasteiger partial charge in [0.2, 0.25) is 0 Å². The molecule has 52 heavy (non-hydrogen) atoms. The van der Waals surface area contributed by atoms with Gasteiger partial charge in [0.25, 0.3) is 0 Å². The molecule has 0 aliphatic heterocycles. The third-order valence-electron chi connectivity index (χ3n) is 12.2. The Balaban J connectivity index is 1.41. The number of allylic oxidation sites excluding steroid dienone is 2. The number of halogens is 2. The quantitative estimate of drug-likeness (QED) is 0.152. The summed E-state index contributed by atoms with van der Waals surface area (Å²) in [5.74, 6) is -1.76. The summed E-state index contributed by atoms with van der Waals surface area (Å²) in [5, 5.41) is 5.06. The standard InChI is InChI=1S/2C23H21.C2H7Si.2ClH.Zr/c2*1-23(2,3)18-14-17-10-7-13-21(22(17)15-18)20-12-6-9-16-8-4-5-11-19(16)20;1-3-2;;;/h2*4-15H,1-3H3;3H,1-2H3;2*1H;/q;;;;;+2/p-2. The Bertz CT molecular complexity index is 2290. The molecule has 0 heterocycles. The van der Waals surface area contributed by atoms with E-state index in [-0.39, 0.29) is 18.1 Å². The van der Waals surface area contributed by atoms with Crippen molar-refractivity contribution in [2.45, 2.75) is 61.9 Å². The molecule has 2 aliphatic carbocycles. The van der Waals surface area contributed by atoms with Crippen molar-refractivity contribution in [1.82, 2.24) is 0 Å². The van der Waals surface area contributed by atoms with E-state index in [0.717, 1.165) is 0 Å². The monoisotopic (exact) mass is 813 g/mol. The summed E-state index contributed by atoms with van der Waals surface area (Å²) in [5.41, 5.74) is 12.9. The van der Waals surface area contributed by atoms with Crippen molar-refractivity contribution in [1.29, 1.82) is 0 Å². The first-order valence-corrected chi connectivity index (χ1v) is 35.2. The van der Waals surface area contributed by atoms with Gasteiger partial charge in [0.1, 0.15) is 0 Å². The molecule has 6 aromatic carbocycles. The van der Waals surface area contributed by atoms with Gasteiger partial charge in [0.05, 0.1) is 0 Å². The van der Waals surface area contributed by atoms with Crippen LogP contribution >= 0.6 is 17.0 Å². The minimum atomic E-state index is -5.08. The van der Waals surface area contributed by atoms with E-state index in [1.165, 1.54) is 77.2 Å². The Morgan fingerprint density at radius 3 is 1.19 bits per heavy atom. The summed E-state index contributed by atoms with van der Waals surface area (Å²) < 4.78 is 0.00792. The SMILES string of the molecule is C[SiH](C)[Zr]([Cl])([Cl])([CH]1C(C(C)(C)C)=Cc2c(-c3cccc4ccccc34)cccc21)[CH]1C(C(C)(C)C)=Cc2c(-c3cccc4ccccc34)cccc21. The van der Waals surface area contributed by atoms with Crippen LogP contribution in [0.25, 0.3) is 56.0 Å². The molecule has 2 atom stereocenters. The van der Waals surface area contributed by atoms with Crippen molar-refractivity contribution in [2.24, 2.45) is 10.8 Å². The molecule has 2 aliphatic rings. The first-order valence-electron chi connectivity index (χ1n) is 18.8. The second-order valence-corrected chi connectivity index (χ2v) is 60.1. The summed E-state index contributed by atoms with van der Waals surface area (Å²) in [4.78, 5) is 0. The van der Waals surface area contributed by atoms with Crippen molar-refractivity contribution in [3.63, 3.8) is 0 Å². The molecule has 0 amide bonds. The van der Waals surface area contributed by atoms with Gasteiger partial charge in [-0.3, -0.25) is 0 Å². The van der Waals surface area contributed by atoms with Crippen molar-refractivity contribution < 1.29 is 15.6 Å².